The molecule has 0 aliphatic heterocycles. The summed E-state index contributed by atoms with van der Waals surface area (Å²) in [5.41, 5.74) is 0.738. The Morgan fingerprint density at radius 1 is 1.47 bits per heavy atom. The first-order valence-corrected chi connectivity index (χ1v) is 5.99. The topological polar surface area (TPSA) is 58.6 Å². The molecule has 104 valence electrons. The van der Waals surface area contributed by atoms with Crippen LogP contribution in [0.1, 0.15) is 12.0 Å². The number of halogens is 1. The lowest BCUT2D eigenvalue weighted by Crippen LogP contribution is -2.37. The van der Waals surface area contributed by atoms with Crippen molar-refractivity contribution in [3.05, 3.63) is 41.7 Å². The predicted octanol–water partition coefficient (Wildman–Crippen LogP) is 1.35. The standard InChI is InChI=1S/C14H18FNO3/c1-19-10-13(8-9-17)16-14(18)7-4-11-2-5-12(15)6-3-11/h2-7,13,17H,8-10H2,1H3,(H,16,18)/b7-4+. The van der Waals surface area contributed by atoms with Crippen LogP contribution in [0.25, 0.3) is 6.08 Å². The number of methoxy groups -OCH3 is 1. The molecule has 0 aliphatic rings. The minimum atomic E-state index is -0.315. The minimum absolute atomic E-state index is 0.0179. The molecule has 2 N–H and O–H groups in total. The smallest absolute Gasteiger partial charge is 0.244 e. The number of amides is 1. The van der Waals surface area contributed by atoms with Gasteiger partial charge in [-0.25, -0.2) is 4.39 Å². The zero-order valence-electron chi connectivity index (χ0n) is 10.8. The highest BCUT2D eigenvalue weighted by molar-refractivity contribution is 5.91. The Bertz CT molecular complexity index is 411. The van der Waals surface area contributed by atoms with Crippen molar-refractivity contribution in [1.29, 1.82) is 0 Å². The van der Waals surface area contributed by atoms with E-state index >= 15 is 0 Å². The number of hydrogen-bond acceptors (Lipinski definition) is 3. The summed E-state index contributed by atoms with van der Waals surface area (Å²) in [7, 11) is 1.53. The van der Waals surface area contributed by atoms with Gasteiger partial charge in [0, 0.05) is 19.8 Å². The summed E-state index contributed by atoms with van der Waals surface area (Å²) in [6.07, 6.45) is 3.40. The molecule has 0 saturated carbocycles. The van der Waals surface area contributed by atoms with E-state index in [1.807, 2.05) is 0 Å². The van der Waals surface area contributed by atoms with Gasteiger partial charge in [-0.15, -0.1) is 0 Å². The van der Waals surface area contributed by atoms with E-state index in [1.165, 1.54) is 25.3 Å². The molecule has 19 heavy (non-hydrogen) atoms. The van der Waals surface area contributed by atoms with Crippen molar-refractivity contribution < 1.29 is 19.0 Å². The van der Waals surface area contributed by atoms with Crippen LogP contribution in [-0.2, 0) is 9.53 Å². The van der Waals surface area contributed by atoms with Crippen molar-refractivity contribution in [2.75, 3.05) is 20.3 Å². The van der Waals surface area contributed by atoms with Gasteiger partial charge in [0.25, 0.3) is 0 Å². The van der Waals surface area contributed by atoms with Gasteiger partial charge in [0.2, 0.25) is 5.91 Å². The maximum Gasteiger partial charge on any atom is 0.244 e. The Morgan fingerprint density at radius 2 is 2.16 bits per heavy atom. The quantitative estimate of drug-likeness (QED) is 0.733. The number of carbonyl (C=O) groups is 1. The maximum absolute atomic E-state index is 12.7. The second-order valence-corrected chi connectivity index (χ2v) is 4.06. The molecule has 0 fully saturated rings. The van der Waals surface area contributed by atoms with Crippen molar-refractivity contribution in [2.45, 2.75) is 12.5 Å². The molecule has 1 rings (SSSR count). The van der Waals surface area contributed by atoms with Crippen molar-refractivity contribution in [2.24, 2.45) is 0 Å². The summed E-state index contributed by atoms with van der Waals surface area (Å²) < 4.78 is 17.6. The molecule has 5 heteroatoms. The Balaban J connectivity index is 2.51. The number of rotatable bonds is 7. The Hall–Kier alpha value is -1.72. The molecule has 1 amide bonds. The number of hydrogen-bond donors (Lipinski definition) is 2. The predicted molar refractivity (Wildman–Crippen MR) is 70.9 cm³/mol. The van der Waals surface area contributed by atoms with E-state index in [4.69, 9.17) is 9.84 Å². The third kappa shape index (κ3) is 6.13. The van der Waals surface area contributed by atoms with Gasteiger partial charge in [0.05, 0.1) is 12.6 Å². The van der Waals surface area contributed by atoms with Crippen LogP contribution < -0.4 is 5.32 Å². The van der Waals surface area contributed by atoms with Gasteiger partial charge in [-0.2, -0.15) is 0 Å². The van der Waals surface area contributed by atoms with E-state index in [-0.39, 0.29) is 24.4 Å². The molecular weight excluding hydrogens is 249 g/mol. The Kier molecular flexibility index (Phi) is 6.78. The van der Waals surface area contributed by atoms with Gasteiger partial charge in [-0.05, 0) is 30.2 Å². The summed E-state index contributed by atoms with van der Waals surface area (Å²) in [6, 6.07) is 5.60. The number of aliphatic hydroxyl groups is 1. The molecule has 1 aromatic rings. The molecule has 1 atom stereocenters. The van der Waals surface area contributed by atoms with Gasteiger partial charge in [-0.1, -0.05) is 12.1 Å². The second-order valence-electron chi connectivity index (χ2n) is 4.06. The lowest BCUT2D eigenvalue weighted by molar-refractivity contribution is -0.117. The molecular formula is C14H18FNO3. The molecule has 0 aromatic heterocycles. The molecule has 4 nitrogen and oxygen atoms in total. The highest BCUT2D eigenvalue weighted by atomic mass is 19.1. The lowest BCUT2D eigenvalue weighted by atomic mass is 10.2. The highest BCUT2D eigenvalue weighted by Gasteiger charge is 2.09. The Morgan fingerprint density at radius 3 is 2.74 bits per heavy atom. The lowest BCUT2D eigenvalue weighted by Gasteiger charge is -2.15. The van der Waals surface area contributed by atoms with Crippen LogP contribution >= 0.6 is 0 Å². The van der Waals surface area contributed by atoms with E-state index < -0.39 is 0 Å². The average molecular weight is 267 g/mol. The average Bonchev–Trinajstić information content (AvgIpc) is 2.39. The van der Waals surface area contributed by atoms with Gasteiger partial charge in [0.1, 0.15) is 5.82 Å². The fourth-order valence-corrected chi connectivity index (χ4v) is 1.55. The zero-order valence-corrected chi connectivity index (χ0v) is 10.8. The van der Waals surface area contributed by atoms with E-state index in [0.29, 0.717) is 13.0 Å². The van der Waals surface area contributed by atoms with Gasteiger partial charge in [0.15, 0.2) is 0 Å². The van der Waals surface area contributed by atoms with Crippen molar-refractivity contribution in [3.8, 4) is 0 Å². The number of carbonyl (C=O) groups excluding carboxylic acids is 1. The number of ether oxygens (including phenoxy) is 1. The molecule has 0 saturated heterocycles. The van der Waals surface area contributed by atoms with Crippen LogP contribution in [-0.4, -0.2) is 37.4 Å². The molecule has 1 aromatic carbocycles. The fraction of sp³-hybridized carbons (Fsp3) is 0.357. The maximum atomic E-state index is 12.7. The van der Waals surface area contributed by atoms with E-state index in [9.17, 15) is 9.18 Å². The number of nitrogens with one attached hydrogen (secondary N) is 1. The van der Waals surface area contributed by atoms with Crippen LogP contribution in [0, 0.1) is 5.82 Å². The van der Waals surface area contributed by atoms with Crippen molar-refractivity contribution in [1.82, 2.24) is 5.32 Å². The molecule has 0 aliphatic carbocycles. The van der Waals surface area contributed by atoms with Crippen LogP contribution in [0.4, 0.5) is 4.39 Å². The fourth-order valence-electron chi connectivity index (χ4n) is 1.55. The van der Waals surface area contributed by atoms with Crippen LogP contribution in [0.15, 0.2) is 30.3 Å². The summed E-state index contributed by atoms with van der Waals surface area (Å²) in [6.45, 7) is 0.326. The van der Waals surface area contributed by atoms with Crippen molar-refractivity contribution in [3.63, 3.8) is 0 Å². The summed E-state index contributed by atoms with van der Waals surface area (Å²) in [5, 5.41) is 11.6. The van der Waals surface area contributed by atoms with Gasteiger partial charge >= 0.3 is 0 Å². The van der Waals surface area contributed by atoms with Gasteiger partial charge < -0.3 is 15.2 Å². The minimum Gasteiger partial charge on any atom is -0.396 e. The highest BCUT2D eigenvalue weighted by Crippen LogP contribution is 2.04. The third-order valence-electron chi connectivity index (χ3n) is 2.49. The first-order chi connectivity index (χ1) is 9.15. The largest absolute Gasteiger partial charge is 0.396 e. The summed E-state index contributed by atoms with van der Waals surface area (Å²) >= 11 is 0. The molecule has 0 bridgehead atoms. The second kappa shape index (κ2) is 8.39. The normalized spacial score (nSPS) is 12.6. The zero-order chi connectivity index (χ0) is 14.1. The number of aliphatic hydroxyl groups excluding tert-OH is 1. The van der Waals surface area contributed by atoms with Crippen molar-refractivity contribution >= 4 is 12.0 Å². The molecule has 0 heterocycles. The first kappa shape index (κ1) is 15.3. The molecule has 1 unspecified atom stereocenters. The van der Waals surface area contributed by atoms with Crippen LogP contribution in [0.3, 0.4) is 0 Å². The van der Waals surface area contributed by atoms with E-state index in [2.05, 4.69) is 5.32 Å². The Labute approximate surface area is 111 Å². The molecule has 0 radical (unpaired) electrons. The van der Waals surface area contributed by atoms with Gasteiger partial charge in [-0.3, -0.25) is 4.79 Å². The SMILES string of the molecule is COCC(CCO)NC(=O)/C=C/c1ccc(F)cc1. The van der Waals surface area contributed by atoms with E-state index in [0.717, 1.165) is 5.56 Å². The summed E-state index contributed by atoms with van der Waals surface area (Å²) in [4.78, 5) is 11.6. The third-order valence-corrected chi connectivity index (χ3v) is 2.49. The van der Waals surface area contributed by atoms with Crippen LogP contribution in [0.5, 0.6) is 0 Å². The molecule has 0 spiro atoms. The first-order valence-electron chi connectivity index (χ1n) is 5.99. The number of benzene rings is 1. The summed E-state index contributed by atoms with van der Waals surface area (Å²) in [5.74, 6) is -0.593. The van der Waals surface area contributed by atoms with E-state index in [1.54, 1.807) is 18.2 Å². The van der Waals surface area contributed by atoms with Crippen LogP contribution in [0.2, 0.25) is 0 Å². The monoisotopic (exact) mass is 267 g/mol.